The van der Waals surface area contributed by atoms with Crippen LogP contribution >= 0.6 is 11.6 Å². The van der Waals surface area contributed by atoms with E-state index >= 15 is 0 Å². The van der Waals surface area contributed by atoms with Gasteiger partial charge in [0, 0.05) is 63.5 Å². The van der Waals surface area contributed by atoms with Gasteiger partial charge >= 0.3 is 0 Å². The number of nitro groups is 1. The number of para-hydroxylation sites is 3. The van der Waals surface area contributed by atoms with Crippen molar-refractivity contribution in [3.63, 3.8) is 0 Å². The second-order valence-corrected chi connectivity index (χ2v) is 36.2. The number of likely N-dealkylation sites (N-methyl/N-ethyl adjacent to an activating group) is 4. The smallest absolute Gasteiger partial charge is 0.270 e. The minimum Gasteiger partial charge on any atom is -0.497 e. The van der Waals surface area contributed by atoms with E-state index in [1.807, 2.05) is 97.1 Å². The molecule has 0 spiro atoms. The molecule has 4 aliphatic rings. The third-order valence-electron chi connectivity index (χ3n) is 26.6. The van der Waals surface area contributed by atoms with Gasteiger partial charge in [0.2, 0.25) is 0 Å². The minimum atomic E-state index is -0.509. The lowest BCUT2D eigenvalue weighted by Crippen LogP contribution is -2.52. The Bertz CT molecular complexity index is 5220. The Labute approximate surface area is 761 Å². The summed E-state index contributed by atoms with van der Waals surface area (Å²) >= 11 is 5.85. The molecule has 0 heterocycles. The maximum atomic E-state index is 14.2. The monoisotopic (exact) mass is 1760 g/mol. The van der Waals surface area contributed by atoms with Gasteiger partial charge in [-0.2, -0.15) is 0 Å². The molecule has 0 aromatic heterocycles. The van der Waals surface area contributed by atoms with Crippen molar-refractivity contribution in [2.24, 2.45) is 0 Å². The molecule has 20 nitrogen and oxygen atoms in total. The van der Waals surface area contributed by atoms with Gasteiger partial charge in [-0.05, 0) is 336 Å². The van der Waals surface area contributed by atoms with Gasteiger partial charge in [-0.1, -0.05) is 157 Å². The molecule has 14 rings (SSSR count). The quantitative estimate of drug-likeness (QED) is 0.0243. The SMILES string of the molecule is CN(C)C1(Cc2ccccc2F)CCC(NC(=O)COc2ccc(Cl)cc2)CC1.COc1ccc(Oc2ccc([N+](=O)[O-])cc2C(=O)NC2CCC(Cc3cccc(C)c3)(N(C)C)CC2)cc1.Cc1ccccc1CC1(N(C)C)CCC(NC(=O)COc2ccccc2)CC1.Cc1ccccc1CC1(N(C)C)CCC(NC(=O)c2ccccc2Oc2ccccc2)CC1. The van der Waals surface area contributed by atoms with Crippen LogP contribution in [0.15, 0.2) is 249 Å². The number of hydrogen-bond donors (Lipinski definition) is 4. The van der Waals surface area contributed by atoms with Crippen molar-refractivity contribution in [3.05, 3.63) is 320 Å². The van der Waals surface area contributed by atoms with Gasteiger partial charge in [-0.15, -0.1) is 0 Å². The molecule has 22 heteroatoms. The second-order valence-electron chi connectivity index (χ2n) is 35.8. The van der Waals surface area contributed by atoms with E-state index in [1.54, 1.807) is 61.7 Å². The van der Waals surface area contributed by atoms with Crippen LogP contribution < -0.4 is 45.0 Å². The van der Waals surface area contributed by atoms with Crippen molar-refractivity contribution in [3.8, 4) is 40.2 Å². The van der Waals surface area contributed by atoms with Crippen molar-refractivity contribution < 1.29 is 52.2 Å². The van der Waals surface area contributed by atoms with Crippen LogP contribution in [0.4, 0.5) is 10.1 Å². The Kier molecular flexibility index (Phi) is 35.3. The number of benzene rings is 10. The highest BCUT2D eigenvalue weighted by molar-refractivity contribution is 6.30. The normalized spacial score (nSPS) is 20.7. The lowest BCUT2D eigenvalue weighted by Gasteiger charge is -2.45. The zero-order valence-corrected chi connectivity index (χ0v) is 77.3. The summed E-state index contributed by atoms with van der Waals surface area (Å²) in [5, 5.41) is 24.7. The van der Waals surface area contributed by atoms with Gasteiger partial charge < -0.3 is 64.6 Å². The van der Waals surface area contributed by atoms with Crippen LogP contribution in [0.2, 0.25) is 5.02 Å². The lowest BCUT2D eigenvalue weighted by molar-refractivity contribution is -0.384. The van der Waals surface area contributed by atoms with Crippen molar-refractivity contribution >= 4 is 40.9 Å². The number of halogens is 2. The molecule has 0 aliphatic heterocycles. The first-order valence-electron chi connectivity index (χ1n) is 44.8. The summed E-state index contributed by atoms with van der Waals surface area (Å²) in [5.74, 6) is 3.32. The molecule has 0 atom stereocenters. The highest BCUT2D eigenvalue weighted by Crippen LogP contribution is 2.42. The molecular formula is C106H129ClFN9O11. The van der Waals surface area contributed by atoms with Crippen LogP contribution in [0.3, 0.4) is 0 Å². The van der Waals surface area contributed by atoms with Crippen LogP contribution in [-0.2, 0) is 35.3 Å². The van der Waals surface area contributed by atoms with Crippen molar-refractivity contribution in [1.82, 2.24) is 40.9 Å². The number of nitro benzene ring substituents is 1. The average Bonchev–Trinajstić information content (AvgIpc) is 0.805. The molecule has 10 aromatic carbocycles. The van der Waals surface area contributed by atoms with Crippen molar-refractivity contribution in [2.75, 3.05) is 76.7 Å². The molecule has 4 saturated carbocycles. The van der Waals surface area contributed by atoms with Crippen molar-refractivity contribution in [2.45, 2.75) is 196 Å². The van der Waals surface area contributed by atoms with E-state index in [0.29, 0.717) is 40.0 Å². The standard InChI is InChI=1S/C30H35N3O5.C29H34N2O2.C24H32N2O2.C23H28ClFN2O2/c1-21-6-5-7-22(18-21)20-30(32(2)3)16-14-23(15-17-30)31-29(34)27-19-24(33(35)36)8-13-28(27)38-26-11-9-25(37-4)10-12-26;1-22-11-7-8-12-23(22)21-29(31(2)3)19-17-24(18-20-29)30-28(32)26-15-9-10-16-27(26)33-25-13-5-4-6-14-25;1-19-9-7-8-10-20(19)17-24(26(2)3)15-13-21(14-16-24)25-23(27)18-28-22-11-5-4-6-12-22;1-27(2)23(15-17-5-3-4-6-21(17)25)13-11-19(12-14-23)26-22(28)16-29-20-9-7-18(24)8-10-20/h5-13,18-19,23H,14-17,20H2,1-4H3,(H,31,34);4-16,24H,17-21H2,1-3H3,(H,30,32);4-12,21H,13-18H2,1-3H3,(H,25,27);3-10,19H,11-16H2,1-2H3,(H,26,28). The first-order chi connectivity index (χ1) is 61.5. The van der Waals surface area contributed by atoms with Gasteiger partial charge in [-0.25, -0.2) is 4.39 Å². The van der Waals surface area contributed by atoms with Crippen LogP contribution in [0.25, 0.3) is 0 Å². The van der Waals surface area contributed by atoms with E-state index in [0.717, 1.165) is 139 Å². The van der Waals surface area contributed by atoms with Gasteiger partial charge in [0.25, 0.3) is 29.3 Å². The molecule has 4 fully saturated rings. The zero-order valence-electron chi connectivity index (χ0n) is 76.5. The van der Waals surface area contributed by atoms with Gasteiger partial charge in [0.05, 0.1) is 23.2 Å². The predicted molar refractivity (Wildman–Crippen MR) is 509 cm³/mol. The van der Waals surface area contributed by atoms with E-state index in [4.69, 9.17) is 35.3 Å². The lowest BCUT2D eigenvalue weighted by atomic mass is 9.74. The largest absolute Gasteiger partial charge is 0.497 e. The molecule has 0 unspecified atom stereocenters. The number of hydrogen-bond acceptors (Lipinski definition) is 15. The molecule has 0 saturated heterocycles. The fourth-order valence-corrected chi connectivity index (χ4v) is 18.4. The highest BCUT2D eigenvalue weighted by atomic mass is 35.5. The van der Waals surface area contributed by atoms with Gasteiger partial charge in [0.15, 0.2) is 13.2 Å². The summed E-state index contributed by atoms with van der Waals surface area (Å²) < 4.78 is 42.4. The summed E-state index contributed by atoms with van der Waals surface area (Å²) in [4.78, 5) is 71.3. The van der Waals surface area contributed by atoms with Crippen LogP contribution in [0.1, 0.15) is 162 Å². The first-order valence-corrected chi connectivity index (χ1v) is 45.2. The summed E-state index contributed by atoms with van der Waals surface area (Å²) in [7, 11) is 18.7. The van der Waals surface area contributed by atoms with Crippen LogP contribution in [-0.4, -0.2) is 171 Å². The number of methoxy groups -OCH3 is 1. The van der Waals surface area contributed by atoms with E-state index in [-0.39, 0.29) is 106 Å². The highest BCUT2D eigenvalue weighted by Gasteiger charge is 2.43. The second kappa shape index (κ2) is 46.5. The van der Waals surface area contributed by atoms with E-state index in [2.05, 4.69) is 191 Å². The van der Waals surface area contributed by atoms with Crippen LogP contribution in [0.5, 0.6) is 40.2 Å². The van der Waals surface area contributed by atoms with Gasteiger partial charge in [-0.3, -0.25) is 29.3 Å². The maximum Gasteiger partial charge on any atom is 0.270 e. The Hall–Kier alpha value is -11.5. The molecular weight excluding hydrogens is 1630 g/mol. The third kappa shape index (κ3) is 27.5. The van der Waals surface area contributed by atoms with Crippen molar-refractivity contribution in [1.29, 1.82) is 0 Å². The number of carbonyl (C=O) groups is 4. The molecule has 4 aliphatic carbocycles. The molecule has 4 amide bonds. The van der Waals surface area contributed by atoms with E-state index in [9.17, 15) is 33.7 Å². The molecule has 10 aromatic rings. The average molecular weight is 1760 g/mol. The fourth-order valence-electron chi connectivity index (χ4n) is 18.3. The van der Waals surface area contributed by atoms with Crippen LogP contribution in [0, 0.1) is 36.7 Å². The van der Waals surface area contributed by atoms with E-state index in [1.165, 1.54) is 57.6 Å². The molecule has 0 radical (unpaired) electrons. The summed E-state index contributed by atoms with van der Waals surface area (Å²) in [6, 6.07) is 77.9. The summed E-state index contributed by atoms with van der Waals surface area (Å²) in [6.45, 7) is 6.55. The zero-order chi connectivity index (χ0) is 91.4. The number of aryl methyl sites for hydroxylation is 3. The summed E-state index contributed by atoms with van der Waals surface area (Å²) in [6.07, 6.45) is 19.0. The Balaban J connectivity index is 0.000000166. The number of nitrogens with zero attached hydrogens (tertiary/aromatic N) is 5. The molecule has 4 N–H and O–H groups in total. The third-order valence-corrected chi connectivity index (χ3v) is 26.9. The minimum absolute atomic E-state index is 0.0171. The number of non-ortho nitro benzene ring substituents is 1. The number of nitrogens with one attached hydrogen (secondary N) is 4. The number of ether oxygens (including phenoxy) is 5. The molecule has 128 heavy (non-hydrogen) atoms. The Morgan fingerprint density at radius 2 is 0.766 bits per heavy atom. The fraction of sp³-hybridized carbons (Fsp3) is 0.396. The molecule has 0 bridgehead atoms. The molecule has 678 valence electrons. The number of amides is 4. The topological polar surface area (TPSA) is 219 Å². The summed E-state index contributed by atoms with van der Waals surface area (Å²) in [5.41, 5.74) is 9.63. The van der Waals surface area contributed by atoms with Gasteiger partial charge in [0.1, 0.15) is 46.1 Å². The predicted octanol–water partition coefficient (Wildman–Crippen LogP) is 20.4. The van der Waals surface area contributed by atoms with E-state index < -0.39 is 4.92 Å². The number of carbonyl (C=O) groups excluding carboxylic acids is 4. The Morgan fingerprint density at radius 1 is 0.398 bits per heavy atom. The first kappa shape index (κ1) is 97.2. The number of rotatable bonds is 30. The maximum absolute atomic E-state index is 14.2. The Morgan fingerprint density at radius 3 is 1.21 bits per heavy atom.